The predicted molar refractivity (Wildman–Crippen MR) is 140 cm³/mol. The summed E-state index contributed by atoms with van der Waals surface area (Å²) in [6.45, 7) is 8.32. The van der Waals surface area contributed by atoms with Gasteiger partial charge in [0.1, 0.15) is 18.2 Å². The molecule has 36 heavy (non-hydrogen) atoms. The highest BCUT2D eigenvalue weighted by Crippen LogP contribution is 2.28. The average molecular weight is 513 g/mol. The van der Waals surface area contributed by atoms with Gasteiger partial charge in [0.15, 0.2) is 0 Å². The minimum atomic E-state index is -3.60. The number of carbonyl (C=O) groups excluding carboxylic acids is 1. The van der Waals surface area contributed by atoms with Crippen LogP contribution in [0.3, 0.4) is 0 Å². The fourth-order valence-electron chi connectivity index (χ4n) is 3.67. The molecule has 0 saturated carbocycles. The van der Waals surface area contributed by atoms with Crippen LogP contribution in [-0.4, -0.2) is 25.4 Å². The summed E-state index contributed by atoms with van der Waals surface area (Å²) in [6, 6.07) is 17.8. The smallest absolute Gasteiger partial charge is 0.229 e. The van der Waals surface area contributed by atoms with Gasteiger partial charge in [-0.2, -0.15) is 0 Å². The van der Waals surface area contributed by atoms with E-state index in [-0.39, 0.29) is 23.3 Å². The van der Waals surface area contributed by atoms with Crippen LogP contribution in [0.25, 0.3) is 0 Å². The summed E-state index contributed by atoms with van der Waals surface area (Å²) in [4.78, 5) is 17.7. The second-order valence-electron chi connectivity index (χ2n) is 9.99. The number of benzene rings is 2. The molecular formula is C28H33FN2O4S. The molecule has 2 aromatic carbocycles. The average Bonchev–Trinajstić information content (AvgIpc) is 2.81. The third kappa shape index (κ3) is 7.62. The van der Waals surface area contributed by atoms with E-state index in [1.807, 2.05) is 42.5 Å². The number of hydrogen-bond acceptors (Lipinski definition) is 5. The van der Waals surface area contributed by atoms with Gasteiger partial charge in [0, 0.05) is 29.0 Å². The highest BCUT2D eigenvalue weighted by atomic mass is 32.2. The number of ketones is 1. The Hall–Kier alpha value is -3.26. The Kier molecular flexibility index (Phi) is 8.51. The first kappa shape index (κ1) is 27.3. The molecule has 0 fully saturated rings. The molecule has 1 atom stereocenters. The number of halogens is 1. The maximum Gasteiger partial charge on any atom is 0.229 e. The molecule has 1 heterocycles. The topological polar surface area (TPSA) is 85.4 Å². The number of ether oxygens (including phenoxy) is 1. The van der Waals surface area contributed by atoms with Gasteiger partial charge in [-0.3, -0.25) is 9.52 Å². The molecule has 0 aliphatic rings. The minimum absolute atomic E-state index is 0.0628. The summed E-state index contributed by atoms with van der Waals surface area (Å²) >= 11 is 0. The van der Waals surface area contributed by atoms with E-state index in [2.05, 4.69) is 25.5 Å². The van der Waals surface area contributed by atoms with Gasteiger partial charge in [-0.15, -0.1) is 0 Å². The second kappa shape index (κ2) is 11.2. The van der Waals surface area contributed by atoms with Crippen LogP contribution in [-0.2, 0) is 33.3 Å². The summed E-state index contributed by atoms with van der Waals surface area (Å²) in [5, 5.41) is 0. The van der Waals surface area contributed by atoms with Crippen LogP contribution in [0.15, 0.2) is 60.7 Å². The lowest BCUT2D eigenvalue weighted by atomic mass is 9.90. The van der Waals surface area contributed by atoms with E-state index >= 15 is 0 Å². The van der Waals surface area contributed by atoms with Gasteiger partial charge >= 0.3 is 0 Å². The monoisotopic (exact) mass is 512 g/mol. The number of nitrogens with zero attached hydrogens (tertiary/aromatic N) is 1. The summed E-state index contributed by atoms with van der Waals surface area (Å²) in [5.74, 6) is -0.834. The van der Waals surface area contributed by atoms with Crippen molar-refractivity contribution in [2.45, 2.75) is 58.5 Å². The van der Waals surface area contributed by atoms with Crippen molar-refractivity contribution in [3.63, 3.8) is 0 Å². The van der Waals surface area contributed by atoms with E-state index in [1.165, 1.54) is 12.1 Å². The van der Waals surface area contributed by atoms with E-state index in [0.29, 0.717) is 24.5 Å². The zero-order chi connectivity index (χ0) is 26.5. The molecule has 0 aliphatic carbocycles. The molecule has 3 rings (SSSR count). The lowest BCUT2D eigenvalue weighted by Gasteiger charge is -2.20. The molecule has 0 radical (unpaired) electrons. The summed E-state index contributed by atoms with van der Waals surface area (Å²) in [5.41, 5.74) is 2.93. The zero-order valence-electron chi connectivity index (χ0n) is 21.3. The van der Waals surface area contributed by atoms with Crippen LogP contribution in [0.5, 0.6) is 5.88 Å². The van der Waals surface area contributed by atoms with Crippen LogP contribution in [0.1, 0.15) is 62.4 Å². The van der Waals surface area contributed by atoms with Gasteiger partial charge in [0.2, 0.25) is 15.9 Å². The predicted octanol–water partition coefficient (Wildman–Crippen LogP) is 5.77. The Bertz CT molecular complexity index is 1320. The van der Waals surface area contributed by atoms with Crippen LogP contribution in [0.2, 0.25) is 0 Å². The number of hydrogen-bond donors (Lipinski definition) is 1. The lowest BCUT2D eigenvalue weighted by Crippen LogP contribution is -2.16. The highest BCUT2D eigenvalue weighted by Gasteiger charge is 2.21. The largest absolute Gasteiger partial charge is 0.473 e. The lowest BCUT2D eigenvalue weighted by molar-refractivity contribution is -0.120. The number of carbonyl (C=O) groups is 1. The van der Waals surface area contributed by atoms with Crippen molar-refractivity contribution in [3.8, 4) is 5.88 Å². The highest BCUT2D eigenvalue weighted by molar-refractivity contribution is 7.92. The van der Waals surface area contributed by atoms with Gasteiger partial charge in [-0.05, 0) is 35.7 Å². The van der Waals surface area contributed by atoms with E-state index in [0.717, 1.165) is 23.1 Å². The zero-order valence-corrected chi connectivity index (χ0v) is 22.2. The van der Waals surface area contributed by atoms with Crippen LogP contribution in [0, 0.1) is 5.82 Å². The fraction of sp³-hybridized carbons (Fsp3) is 0.357. The van der Waals surface area contributed by atoms with Gasteiger partial charge in [0.05, 0.1) is 11.9 Å². The molecule has 6 nitrogen and oxygen atoms in total. The Morgan fingerprint density at radius 3 is 2.39 bits per heavy atom. The van der Waals surface area contributed by atoms with Gasteiger partial charge in [-0.1, -0.05) is 70.2 Å². The second-order valence-corrected chi connectivity index (χ2v) is 11.7. The number of nitrogens with one attached hydrogen (secondary N) is 1. The van der Waals surface area contributed by atoms with Crippen molar-refractivity contribution in [2.75, 3.05) is 11.0 Å². The Balaban J connectivity index is 1.73. The molecule has 0 amide bonds. The first-order valence-electron chi connectivity index (χ1n) is 11.8. The summed E-state index contributed by atoms with van der Waals surface area (Å²) in [7, 11) is -3.60. The standard InChI is InChI=1S/C28H33FN2O4S/c1-19(22-11-14-24(23(29)17-22)31-36(5,33)34)25(32)15-12-21-13-16-26(28(2,3)4)30-27(21)35-18-20-9-7-6-8-10-20/h6-11,13-14,16-17,19,31H,12,15,18H2,1-5H3. The Morgan fingerprint density at radius 2 is 1.78 bits per heavy atom. The quantitative estimate of drug-likeness (QED) is 0.373. The van der Waals surface area contributed by atoms with Crippen molar-refractivity contribution >= 4 is 21.5 Å². The first-order valence-corrected chi connectivity index (χ1v) is 13.7. The van der Waals surface area contributed by atoms with E-state index in [1.54, 1.807) is 13.0 Å². The molecule has 1 N–H and O–H groups in total. The molecule has 0 bridgehead atoms. The van der Waals surface area contributed by atoms with Crippen LogP contribution in [0.4, 0.5) is 10.1 Å². The molecule has 0 spiro atoms. The van der Waals surface area contributed by atoms with Crippen molar-refractivity contribution in [2.24, 2.45) is 0 Å². The van der Waals surface area contributed by atoms with Crippen LogP contribution < -0.4 is 9.46 Å². The number of Topliss-reactive ketones (excluding diaryl/α,β-unsaturated/α-hetero) is 1. The minimum Gasteiger partial charge on any atom is -0.473 e. The van der Waals surface area contributed by atoms with Crippen molar-refractivity contribution < 1.29 is 22.3 Å². The summed E-state index contributed by atoms with van der Waals surface area (Å²) in [6.07, 6.45) is 1.61. The maximum absolute atomic E-state index is 14.4. The Morgan fingerprint density at radius 1 is 1.08 bits per heavy atom. The molecule has 0 aliphatic heterocycles. The molecule has 192 valence electrons. The normalized spacial score (nSPS) is 12.7. The van der Waals surface area contributed by atoms with E-state index in [4.69, 9.17) is 9.72 Å². The number of aromatic nitrogens is 1. The van der Waals surface area contributed by atoms with Crippen molar-refractivity contribution in [3.05, 3.63) is 88.9 Å². The molecule has 8 heteroatoms. The number of aryl methyl sites for hydroxylation is 1. The molecular weight excluding hydrogens is 479 g/mol. The van der Waals surface area contributed by atoms with E-state index in [9.17, 15) is 17.6 Å². The molecule has 1 aromatic heterocycles. The SMILES string of the molecule is CC(C(=O)CCc1ccc(C(C)(C)C)nc1OCc1ccccc1)c1ccc(NS(C)(=O)=O)c(F)c1. The van der Waals surface area contributed by atoms with Crippen molar-refractivity contribution in [1.29, 1.82) is 0 Å². The van der Waals surface area contributed by atoms with Crippen molar-refractivity contribution in [1.82, 2.24) is 4.98 Å². The number of rotatable bonds is 10. The van der Waals surface area contributed by atoms with Gasteiger partial charge in [-0.25, -0.2) is 17.8 Å². The molecule has 3 aromatic rings. The fourth-order valence-corrected chi connectivity index (χ4v) is 4.24. The third-order valence-corrected chi connectivity index (χ3v) is 6.43. The molecule has 1 unspecified atom stereocenters. The third-order valence-electron chi connectivity index (χ3n) is 5.84. The van der Waals surface area contributed by atoms with Gasteiger partial charge < -0.3 is 4.74 Å². The Labute approximate surface area is 213 Å². The van der Waals surface area contributed by atoms with Gasteiger partial charge in [0.25, 0.3) is 0 Å². The molecule has 0 saturated heterocycles. The maximum atomic E-state index is 14.4. The first-order chi connectivity index (χ1) is 16.8. The summed E-state index contributed by atoms with van der Waals surface area (Å²) < 4.78 is 45.4. The number of sulfonamides is 1. The number of anilines is 1. The number of pyridine rings is 1. The van der Waals surface area contributed by atoms with E-state index < -0.39 is 21.8 Å². The van der Waals surface area contributed by atoms with Crippen LogP contribution >= 0.6 is 0 Å².